The number of furan rings is 1. The van der Waals surface area contributed by atoms with Gasteiger partial charge in [-0.15, -0.1) is 6.58 Å². The van der Waals surface area contributed by atoms with Gasteiger partial charge in [0.2, 0.25) is 0 Å². The molecule has 2 heterocycles. The van der Waals surface area contributed by atoms with Crippen LogP contribution in [0.15, 0.2) is 76.9 Å². The zero-order valence-corrected chi connectivity index (χ0v) is 13.6. The van der Waals surface area contributed by atoms with E-state index in [-0.39, 0.29) is 11.7 Å². The number of fused-ring (bicyclic) bond motifs is 3. The highest BCUT2D eigenvalue weighted by Crippen LogP contribution is 2.27. The molecule has 4 rings (SSSR count). The molecular formula is C19H14N2O2S. The van der Waals surface area contributed by atoms with Gasteiger partial charge in [-0.1, -0.05) is 47.7 Å². The van der Waals surface area contributed by atoms with Gasteiger partial charge >= 0.3 is 5.91 Å². The third-order valence-corrected chi connectivity index (χ3v) is 4.94. The molecule has 0 saturated heterocycles. The monoisotopic (exact) mass is 334 g/mol. The molecule has 0 bridgehead atoms. The van der Waals surface area contributed by atoms with E-state index >= 15 is 0 Å². The number of carbonyl (C=O) groups excluding carboxylic acids is 1. The van der Waals surface area contributed by atoms with Crippen molar-refractivity contribution in [3.8, 4) is 0 Å². The number of benzene rings is 2. The Kier molecular flexibility index (Phi) is 3.63. The molecule has 0 fully saturated rings. The number of rotatable bonds is 3. The van der Waals surface area contributed by atoms with Crippen molar-refractivity contribution in [3.05, 3.63) is 78.0 Å². The molecule has 5 heteroatoms. The van der Waals surface area contributed by atoms with Crippen LogP contribution in [0, 0.1) is 0 Å². The summed E-state index contributed by atoms with van der Waals surface area (Å²) in [5.41, 5.74) is 1.05. The standard InChI is InChI=1S/C19H14N2O2S/c1-2-11-21-15-10-9-13-6-3-4-7-14(13)17(15)24-19(21)20-18(22)16-8-5-12-23-16/h2-10,12H,1,11H2. The molecule has 0 aliphatic carbocycles. The van der Waals surface area contributed by atoms with Gasteiger partial charge in [-0.05, 0) is 23.6 Å². The number of thiazole rings is 1. The second-order valence-corrected chi connectivity index (χ2v) is 6.29. The highest BCUT2D eigenvalue weighted by Gasteiger charge is 2.12. The fourth-order valence-corrected chi connectivity index (χ4v) is 3.90. The van der Waals surface area contributed by atoms with Crippen LogP contribution in [0.1, 0.15) is 10.6 Å². The van der Waals surface area contributed by atoms with Crippen LogP contribution in [-0.4, -0.2) is 10.5 Å². The maximum atomic E-state index is 12.3. The largest absolute Gasteiger partial charge is 0.459 e. The third kappa shape index (κ3) is 2.39. The van der Waals surface area contributed by atoms with Crippen molar-refractivity contribution in [3.63, 3.8) is 0 Å². The second kappa shape index (κ2) is 5.94. The molecule has 24 heavy (non-hydrogen) atoms. The Morgan fingerprint density at radius 2 is 2.08 bits per heavy atom. The lowest BCUT2D eigenvalue weighted by atomic mass is 10.1. The Bertz CT molecular complexity index is 1120. The van der Waals surface area contributed by atoms with Crippen LogP contribution in [0.3, 0.4) is 0 Å². The molecule has 0 unspecified atom stereocenters. The summed E-state index contributed by atoms with van der Waals surface area (Å²) in [6.07, 6.45) is 3.27. The first kappa shape index (κ1) is 14.7. The normalized spacial score (nSPS) is 12.1. The number of hydrogen-bond donors (Lipinski definition) is 0. The zero-order chi connectivity index (χ0) is 16.5. The van der Waals surface area contributed by atoms with E-state index in [0.717, 1.165) is 15.6 Å². The molecule has 4 nitrogen and oxygen atoms in total. The SMILES string of the molecule is C=CCn1c(=NC(=O)c2ccco2)sc2c3ccccc3ccc21. The molecule has 1 amide bonds. The summed E-state index contributed by atoms with van der Waals surface area (Å²) in [4.78, 5) is 17.2. The van der Waals surface area contributed by atoms with Gasteiger partial charge in [-0.2, -0.15) is 4.99 Å². The summed E-state index contributed by atoms with van der Waals surface area (Å²) in [5.74, 6) is -0.142. The van der Waals surface area contributed by atoms with Gasteiger partial charge in [-0.25, -0.2) is 0 Å². The van der Waals surface area contributed by atoms with Crippen LogP contribution in [0.2, 0.25) is 0 Å². The van der Waals surface area contributed by atoms with Crippen molar-refractivity contribution in [2.45, 2.75) is 6.54 Å². The van der Waals surface area contributed by atoms with E-state index in [2.05, 4.69) is 35.8 Å². The Morgan fingerprint density at radius 1 is 1.21 bits per heavy atom. The molecule has 2 aromatic heterocycles. The molecule has 4 aromatic rings. The first-order valence-corrected chi connectivity index (χ1v) is 8.34. The molecule has 118 valence electrons. The van der Waals surface area contributed by atoms with Crippen LogP contribution in [0.4, 0.5) is 0 Å². The fourth-order valence-electron chi connectivity index (χ4n) is 2.73. The van der Waals surface area contributed by atoms with E-state index in [1.54, 1.807) is 18.2 Å². The molecule has 0 aliphatic heterocycles. The Labute approximate surface area is 142 Å². The molecule has 0 aliphatic rings. The first-order valence-electron chi connectivity index (χ1n) is 7.52. The van der Waals surface area contributed by atoms with Gasteiger partial charge in [0.1, 0.15) is 0 Å². The van der Waals surface area contributed by atoms with E-state index in [1.165, 1.54) is 23.0 Å². The topological polar surface area (TPSA) is 47.5 Å². The quantitative estimate of drug-likeness (QED) is 0.522. The lowest BCUT2D eigenvalue weighted by molar-refractivity contribution is 0.0971. The van der Waals surface area contributed by atoms with Gasteiger partial charge in [-0.3, -0.25) is 4.79 Å². The van der Waals surface area contributed by atoms with Gasteiger partial charge in [0.15, 0.2) is 10.6 Å². The average Bonchev–Trinajstić information content (AvgIpc) is 3.24. The maximum Gasteiger partial charge on any atom is 0.315 e. The minimum Gasteiger partial charge on any atom is -0.459 e. The average molecular weight is 334 g/mol. The van der Waals surface area contributed by atoms with Gasteiger partial charge in [0.05, 0.1) is 16.5 Å². The number of carbonyl (C=O) groups is 1. The van der Waals surface area contributed by atoms with Crippen LogP contribution in [0.5, 0.6) is 0 Å². The van der Waals surface area contributed by atoms with Crippen molar-refractivity contribution in [1.82, 2.24) is 4.57 Å². The summed E-state index contributed by atoms with van der Waals surface area (Å²) >= 11 is 1.50. The Morgan fingerprint density at radius 3 is 2.88 bits per heavy atom. The van der Waals surface area contributed by atoms with Gasteiger partial charge in [0.25, 0.3) is 0 Å². The van der Waals surface area contributed by atoms with Crippen LogP contribution < -0.4 is 4.80 Å². The van der Waals surface area contributed by atoms with E-state index < -0.39 is 0 Å². The van der Waals surface area contributed by atoms with Crippen LogP contribution in [0.25, 0.3) is 21.0 Å². The molecule has 0 N–H and O–H groups in total. The molecule has 0 saturated carbocycles. The van der Waals surface area contributed by atoms with Crippen LogP contribution in [-0.2, 0) is 6.54 Å². The summed E-state index contributed by atoms with van der Waals surface area (Å²) < 4.78 is 8.26. The fraction of sp³-hybridized carbons (Fsp3) is 0.0526. The molecular weight excluding hydrogens is 320 g/mol. The lowest BCUT2D eigenvalue weighted by Gasteiger charge is -2.02. The summed E-state index contributed by atoms with van der Waals surface area (Å²) in [6.45, 7) is 4.40. The highest BCUT2D eigenvalue weighted by molar-refractivity contribution is 7.17. The van der Waals surface area contributed by atoms with E-state index in [1.807, 2.05) is 16.7 Å². The molecule has 0 spiro atoms. The summed E-state index contributed by atoms with van der Waals surface area (Å²) in [6, 6.07) is 15.7. The van der Waals surface area contributed by atoms with Crippen molar-refractivity contribution in [2.75, 3.05) is 0 Å². The number of hydrogen-bond acceptors (Lipinski definition) is 3. The predicted molar refractivity (Wildman–Crippen MR) is 96.1 cm³/mol. The highest BCUT2D eigenvalue weighted by atomic mass is 32.1. The van der Waals surface area contributed by atoms with E-state index in [4.69, 9.17) is 4.42 Å². The second-order valence-electron chi connectivity index (χ2n) is 5.31. The van der Waals surface area contributed by atoms with Crippen molar-refractivity contribution < 1.29 is 9.21 Å². The minimum atomic E-state index is -0.381. The van der Waals surface area contributed by atoms with Crippen molar-refractivity contribution in [2.24, 2.45) is 4.99 Å². The minimum absolute atomic E-state index is 0.238. The Balaban J connectivity index is 2.00. The lowest BCUT2D eigenvalue weighted by Crippen LogP contribution is -2.16. The zero-order valence-electron chi connectivity index (χ0n) is 12.8. The number of allylic oxidation sites excluding steroid dienone is 1. The van der Waals surface area contributed by atoms with E-state index in [9.17, 15) is 4.79 Å². The van der Waals surface area contributed by atoms with Crippen molar-refractivity contribution in [1.29, 1.82) is 0 Å². The van der Waals surface area contributed by atoms with Gasteiger partial charge < -0.3 is 8.98 Å². The van der Waals surface area contributed by atoms with Crippen molar-refractivity contribution >= 4 is 38.2 Å². The Hall–Kier alpha value is -2.92. The number of amides is 1. The van der Waals surface area contributed by atoms with E-state index in [0.29, 0.717) is 11.3 Å². The number of nitrogens with zero attached hydrogens (tertiary/aromatic N) is 2. The summed E-state index contributed by atoms with van der Waals surface area (Å²) in [7, 11) is 0. The first-order chi connectivity index (χ1) is 11.8. The molecule has 2 aromatic carbocycles. The number of aromatic nitrogens is 1. The maximum absolute atomic E-state index is 12.3. The van der Waals surface area contributed by atoms with Gasteiger partial charge in [0, 0.05) is 11.9 Å². The molecule has 0 radical (unpaired) electrons. The third-order valence-electron chi connectivity index (χ3n) is 3.81. The summed E-state index contributed by atoms with van der Waals surface area (Å²) in [5, 5.41) is 2.32. The smallest absolute Gasteiger partial charge is 0.315 e. The molecule has 0 atom stereocenters. The predicted octanol–water partition coefficient (Wildman–Crippen LogP) is 4.38. The van der Waals surface area contributed by atoms with Crippen LogP contribution >= 0.6 is 11.3 Å².